The largest absolute Gasteiger partial charge is 0.468 e. The summed E-state index contributed by atoms with van der Waals surface area (Å²) in [4.78, 5) is 14.5. The van der Waals surface area contributed by atoms with Gasteiger partial charge in [0.2, 0.25) is 0 Å². The lowest BCUT2D eigenvalue weighted by Crippen LogP contribution is -2.54. The average Bonchev–Trinajstić information content (AvgIpc) is 3.10. The number of nitrogens with one attached hydrogen (secondary N) is 1. The molecule has 1 rings (SSSR count). The fraction of sp³-hybridized carbons (Fsp3) is 0.938. The van der Waals surface area contributed by atoms with Gasteiger partial charge < -0.3 is 15.0 Å². The van der Waals surface area contributed by atoms with Gasteiger partial charge in [-0.2, -0.15) is 0 Å². The highest BCUT2D eigenvalue weighted by atomic mass is 16.5. The van der Waals surface area contributed by atoms with Crippen LogP contribution < -0.4 is 5.32 Å². The molecule has 4 heteroatoms. The fourth-order valence-electron chi connectivity index (χ4n) is 2.80. The number of rotatable bonds is 9. The van der Waals surface area contributed by atoms with Crippen LogP contribution in [0, 0.1) is 11.8 Å². The van der Waals surface area contributed by atoms with E-state index in [-0.39, 0.29) is 5.97 Å². The van der Waals surface area contributed by atoms with E-state index in [0.29, 0.717) is 6.04 Å². The minimum atomic E-state index is -0.590. The van der Waals surface area contributed by atoms with Crippen molar-refractivity contribution in [2.45, 2.75) is 58.5 Å². The lowest BCUT2D eigenvalue weighted by Gasteiger charge is -2.34. The number of carbonyl (C=O) groups is 1. The maximum atomic E-state index is 12.1. The molecule has 0 aromatic carbocycles. The van der Waals surface area contributed by atoms with Crippen LogP contribution in [0.2, 0.25) is 0 Å². The van der Waals surface area contributed by atoms with Gasteiger partial charge in [0.05, 0.1) is 7.11 Å². The van der Waals surface area contributed by atoms with E-state index in [1.807, 2.05) is 6.92 Å². The van der Waals surface area contributed by atoms with Gasteiger partial charge in [-0.25, -0.2) is 0 Å². The number of carbonyl (C=O) groups excluding carboxylic acids is 1. The third-order valence-electron chi connectivity index (χ3n) is 4.66. The Morgan fingerprint density at radius 3 is 2.60 bits per heavy atom. The van der Waals surface area contributed by atoms with Gasteiger partial charge in [0.1, 0.15) is 5.54 Å². The third kappa shape index (κ3) is 4.74. The van der Waals surface area contributed by atoms with Crippen molar-refractivity contribution in [1.29, 1.82) is 0 Å². The van der Waals surface area contributed by atoms with Crippen molar-refractivity contribution in [2.24, 2.45) is 11.8 Å². The van der Waals surface area contributed by atoms with E-state index in [2.05, 4.69) is 38.0 Å². The zero-order valence-corrected chi connectivity index (χ0v) is 14.0. The normalized spacial score (nSPS) is 26.1. The second kappa shape index (κ2) is 7.41. The first kappa shape index (κ1) is 17.4. The molecular weight excluding hydrogens is 252 g/mol. The second-order valence-electron chi connectivity index (χ2n) is 6.72. The summed E-state index contributed by atoms with van der Waals surface area (Å²) in [6.07, 6.45) is 3.13. The van der Waals surface area contributed by atoms with Crippen LogP contribution in [0.15, 0.2) is 0 Å². The number of nitrogens with zero attached hydrogens (tertiary/aromatic N) is 1. The first-order chi connectivity index (χ1) is 9.34. The topological polar surface area (TPSA) is 41.6 Å². The molecular formula is C16H32N2O2. The quantitative estimate of drug-likeness (QED) is 0.660. The van der Waals surface area contributed by atoms with Gasteiger partial charge >= 0.3 is 5.97 Å². The Balaban J connectivity index is 2.55. The summed E-state index contributed by atoms with van der Waals surface area (Å²) < 4.78 is 4.98. The molecule has 1 fully saturated rings. The maximum absolute atomic E-state index is 12.1. The van der Waals surface area contributed by atoms with E-state index >= 15 is 0 Å². The molecule has 1 N–H and O–H groups in total. The molecule has 1 aliphatic rings. The Labute approximate surface area is 124 Å². The lowest BCUT2D eigenvalue weighted by atomic mass is 9.92. The number of hydrogen-bond acceptors (Lipinski definition) is 4. The second-order valence-corrected chi connectivity index (χ2v) is 6.72. The van der Waals surface area contributed by atoms with Crippen molar-refractivity contribution in [3.63, 3.8) is 0 Å². The summed E-state index contributed by atoms with van der Waals surface area (Å²) in [6.45, 7) is 10.5. The first-order valence-corrected chi connectivity index (χ1v) is 7.87. The molecule has 0 heterocycles. The van der Waals surface area contributed by atoms with Gasteiger partial charge in [-0.05, 0) is 58.5 Å². The summed E-state index contributed by atoms with van der Waals surface area (Å²) in [5.41, 5.74) is -0.590. The monoisotopic (exact) mass is 284 g/mol. The Hall–Kier alpha value is -0.610. The summed E-state index contributed by atoms with van der Waals surface area (Å²) in [5, 5.41) is 3.36. The van der Waals surface area contributed by atoms with Gasteiger partial charge in [-0.15, -0.1) is 0 Å². The Morgan fingerprint density at radius 1 is 1.55 bits per heavy atom. The van der Waals surface area contributed by atoms with Crippen molar-refractivity contribution in [1.82, 2.24) is 10.2 Å². The Kier molecular flexibility index (Phi) is 6.46. The van der Waals surface area contributed by atoms with E-state index in [9.17, 15) is 4.79 Å². The molecule has 0 aromatic rings. The van der Waals surface area contributed by atoms with Crippen LogP contribution in [0.5, 0.6) is 0 Å². The predicted octanol–water partition coefficient (Wildman–Crippen LogP) is 2.28. The summed E-state index contributed by atoms with van der Waals surface area (Å²) in [7, 11) is 3.63. The van der Waals surface area contributed by atoms with E-state index in [1.54, 1.807) is 0 Å². The van der Waals surface area contributed by atoms with Crippen LogP contribution in [0.25, 0.3) is 0 Å². The van der Waals surface area contributed by atoms with Gasteiger partial charge in [-0.1, -0.05) is 13.8 Å². The molecule has 0 aliphatic heterocycles. The summed E-state index contributed by atoms with van der Waals surface area (Å²) in [6, 6.07) is 0.358. The highest BCUT2D eigenvalue weighted by Gasteiger charge is 2.38. The predicted molar refractivity (Wildman–Crippen MR) is 82.7 cm³/mol. The van der Waals surface area contributed by atoms with Crippen LogP contribution in [0.4, 0.5) is 0 Å². The van der Waals surface area contributed by atoms with Crippen LogP contribution in [-0.2, 0) is 9.53 Å². The van der Waals surface area contributed by atoms with Gasteiger partial charge in [0.25, 0.3) is 0 Å². The molecule has 1 aliphatic carbocycles. The fourth-order valence-corrected chi connectivity index (χ4v) is 2.80. The third-order valence-corrected chi connectivity index (χ3v) is 4.66. The minimum Gasteiger partial charge on any atom is -0.468 e. The van der Waals surface area contributed by atoms with Gasteiger partial charge in [-0.3, -0.25) is 4.79 Å². The standard InChI is InChI=1S/C16H32N2O2/c1-7-8-17-16(4,15(19)20-6)10-13(3)18(5)11-14-9-12(14)2/h12-14,17H,7-11H2,1-6H3. The first-order valence-electron chi connectivity index (χ1n) is 7.87. The van der Waals surface area contributed by atoms with Crippen molar-refractivity contribution < 1.29 is 9.53 Å². The molecule has 1 saturated carbocycles. The van der Waals surface area contributed by atoms with Gasteiger partial charge in [0, 0.05) is 12.6 Å². The summed E-state index contributed by atoms with van der Waals surface area (Å²) >= 11 is 0. The molecule has 0 aromatic heterocycles. The van der Waals surface area contributed by atoms with Crippen molar-refractivity contribution in [3.8, 4) is 0 Å². The number of esters is 1. The molecule has 20 heavy (non-hydrogen) atoms. The number of ether oxygens (including phenoxy) is 1. The van der Waals surface area contributed by atoms with E-state index in [1.165, 1.54) is 13.5 Å². The zero-order valence-electron chi connectivity index (χ0n) is 14.0. The molecule has 4 nitrogen and oxygen atoms in total. The zero-order chi connectivity index (χ0) is 15.3. The highest BCUT2D eigenvalue weighted by Crippen LogP contribution is 2.38. The van der Waals surface area contributed by atoms with Crippen molar-refractivity contribution in [2.75, 3.05) is 27.2 Å². The maximum Gasteiger partial charge on any atom is 0.325 e. The van der Waals surface area contributed by atoms with Crippen LogP contribution in [0.3, 0.4) is 0 Å². The molecule has 0 bridgehead atoms. The molecule has 4 atom stereocenters. The SMILES string of the molecule is CCCNC(C)(CC(C)N(C)CC1CC1C)C(=O)OC. The Bertz CT molecular complexity index is 322. The smallest absolute Gasteiger partial charge is 0.325 e. The number of methoxy groups -OCH3 is 1. The van der Waals surface area contributed by atoms with Crippen LogP contribution >= 0.6 is 0 Å². The highest BCUT2D eigenvalue weighted by molar-refractivity contribution is 5.80. The van der Waals surface area contributed by atoms with Gasteiger partial charge in [0.15, 0.2) is 0 Å². The molecule has 0 radical (unpaired) electrons. The molecule has 0 amide bonds. The van der Waals surface area contributed by atoms with Crippen LogP contribution in [-0.4, -0.2) is 49.7 Å². The van der Waals surface area contributed by atoms with E-state index in [0.717, 1.165) is 37.8 Å². The molecule has 118 valence electrons. The van der Waals surface area contributed by atoms with E-state index in [4.69, 9.17) is 4.74 Å². The summed E-state index contributed by atoms with van der Waals surface area (Å²) in [5.74, 6) is 1.55. The Morgan fingerprint density at radius 2 is 2.15 bits per heavy atom. The molecule has 0 saturated heterocycles. The van der Waals surface area contributed by atoms with E-state index < -0.39 is 5.54 Å². The average molecular weight is 284 g/mol. The van der Waals surface area contributed by atoms with Crippen molar-refractivity contribution in [3.05, 3.63) is 0 Å². The minimum absolute atomic E-state index is 0.161. The molecule has 4 unspecified atom stereocenters. The van der Waals surface area contributed by atoms with Crippen molar-refractivity contribution >= 4 is 5.97 Å². The lowest BCUT2D eigenvalue weighted by molar-refractivity contribution is -0.148. The molecule has 0 spiro atoms. The number of hydrogen-bond donors (Lipinski definition) is 1. The van der Waals surface area contributed by atoms with Crippen LogP contribution in [0.1, 0.15) is 47.0 Å².